The van der Waals surface area contributed by atoms with E-state index in [9.17, 15) is 18.5 Å². The van der Waals surface area contributed by atoms with Crippen LogP contribution in [0, 0.1) is 10.1 Å². The second-order valence-corrected chi connectivity index (χ2v) is 6.40. The standard InChI is InChI=1S/C11H10ClN3O4S/c12-4-1-5-20(18,19)11-9-6-8(15(16)17)2-3-10(9)13-7-14-11/h2-3,6-7H,1,4-5H2. The van der Waals surface area contributed by atoms with Crippen LogP contribution in [0.25, 0.3) is 10.9 Å². The number of hydrogen-bond donors (Lipinski definition) is 0. The monoisotopic (exact) mass is 315 g/mol. The van der Waals surface area contributed by atoms with Gasteiger partial charge in [0.15, 0.2) is 14.9 Å². The molecule has 106 valence electrons. The van der Waals surface area contributed by atoms with E-state index in [1.807, 2.05) is 0 Å². The first-order valence-electron chi connectivity index (χ1n) is 5.63. The van der Waals surface area contributed by atoms with Gasteiger partial charge in [-0.05, 0) is 12.5 Å². The van der Waals surface area contributed by atoms with Gasteiger partial charge < -0.3 is 0 Å². The van der Waals surface area contributed by atoms with Gasteiger partial charge in [0.25, 0.3) is 5.69 Å². The molecule has 0 radical (unpaired) electrons. The normalized spacial score (nSPS) is 11.7. The average Bonchev–Trinajstić information content (AvgIpc) is 2.43. The van der Waals surface area contributed by atoms with Crippen LogP contribution in [-0.4, -0.2) is 34.9 Å². The van der Waals surface area contributed by atoms with Crippen molar-refractivity contribution in [2.24, 2.45) is 0 Å². The Morgan fingerprint density at radius 1 is 1.30 bits per heavy atom. The molecule has 0 aliphatic rings. The molecule has 0 saturated heterocycles. The highest BCUT2D eigenvalue weighted by molar-refractivity contribution is 7.91. The molecular weight excluding hydrogens is 306 g/mol. The van der Waals surface area contributed by atoms with Crippen molar-refractivity contribution >= 4 is 38.0 Å². The van der Waals surface area contributed by atoms with Crippen molar-refractivity contribution in [2.45, 2.75) is 11.4 Å². The zero-order valence-electron chi connectivity index (χ0n) is 10.2. The molecule has 9 heteroatoms. The van der Waals surface area contributed by atoms with E-state index in [0.29, 0.717) is 5.52 Å². The molecule has 0 bridgehead atoms. The van der Waals surface area contributed by atoms with Crippen LogP contribution in [0.1, 0.15) is 6.42 Å². The van der Waals surface area contributed by atoms with E-state index in [-0.39, 0.29) is 34.2 Å². The van der Waals surface area contributed by atoms with Gasteiger partial charge >= 0.3 is 0 Å². The summed E-state index contributed by atoms with van der Waals surface area (Å²) in [5, 5.41) is 10.7. The first-order chi connectivity index (χ1) is 9.45. The van der Waals surface area contributed by atoms with E-state index in [4.69, 9.17) is 11.6 Å². The summed E-state index contributed by atoms with van der Waals surface area (Å²) in [6.45, 7) is 0. The molecular formula is C11H10ClN3O4S. The van der Waals surface area contributed by atoms with Gasteiger partial charge in [-0.1, -0.05) is 0 Å². The van der Waals surface area contributed by atoms with Crippen molar-refractivity contribution in [2.75, 3.05) is 11.6 Å². The topological polar surface area (TPSA) is 103 Å². The zero-order chi connectivity index (χ0) is 14.8. The second kappa shape index (κ2) is 5.68. The Kier molecular flexibility index (Phi) is 4.15. The third-order valence-electron chi connectivity index (χ3n) is 2.63. The van der Waals surface area contributed by atoms with Gasteiger partial charge in [0.05, 0.1) is 16.2 Å². The molecule has 0 amide bonds. The van der Waals surface area contributed by atoms with Crippen molar-refractivity contribution in [3.05, 3.63) is 34.6 Å². The van der Waals surface area contributed by atoms with Crippen LogP contribution in [-0.2, 0) is 9.84 Å². The molecule has 20 heavy (non-hydrogen) atoms. The molecule has 0 N–H and O–H groups in total. The molecule has 2 aromatic rings. The average molecular weight is 316 g/mol. The lowest BCUT2D eigenvalue weighted by Crippen LogP contribution is -2.10. The molecule has 0 fully saturated rings. The Bertz CT molecular complexity index is 763. The Balaban J connectivity index is 2.64. The largest absolute Gasteiger partial charge is 0.270 e. The number of rotatable bonds is 5. The molecule has 0 spiro atoms. The minimum Gasteiger partial charge on any atom is -0.258 e. The minimum atomic E-state index is -3.65. The van der Waals surface area contributed by atoms with Crippen molar-refractivity contribution < 1.29 is 13.3 Å². The molecule has 1 aromatic heterocycles. The fourth-order valence-corrected chi connectivity index (χ4v) is 3.44. The Hall–Kier alpha value is -1.80. The van der Waals surface area contributed by atoms with Gasteiger partial charge in [-0.2, -0.15) is 0 Å². The number of fused-ring (bicyclic) bond motifs is 1. The number of alkyl halides is 1. The lowest BCUT2D eigenvalue weighted by Gasteiger charge is -2.05. The number of nitrogens with zero attached hydrogens (tertiary/aromatic N) is 3. The van der Waals surface area contributed by atoms with Gasteiger partial charge in [-0.25, -0.2) is 18.4 Å². The van der Waals surface area contributed by atoms with Gasteiger partial charge in [-0.3, -0.25) is 10.1 Å². The number of hydrogen-bond acceptors (Lipinski definition) is 6. The fraction of sp³-hybridized carbons (Fsp3) is 0.273. The van der Waals surface area contributed by atoms with E-state index in [1.54, 1.807) is 0 Å². The molecule has 0 aliphatic heterocycles. The van der Waals surface area contributed by atoms with Gasteiger partial charge in [0.1, 0.15) is 6.33 Å². The summed E-state index contributed by atoms with van der Waals surface area (Å²) in [6, 6.07) is 3.84. The quantitative estimate of drug-likeness (QED) is 0.361. The first kappa shape index (κ1) is 14.6. The number of benzene rings is 1. The summed E-state index contributed by atoms with van der Waals surface area (Å²) >= 11 is 5.49. The Morgan fingerprint density at radius 3 is 2.70 bits per heavy atom. The van der Waals surface area contributed by atoms with Crippen LogP contribution in [0.15, 0.2) is 29.6 Å². The van der Waals surface area contributed by atoms with E-state index < -0.39 is 14.8 Å². The van der Waals surface area contributed by atoms with Crippen LogP contribution in [0.5, 0.6) is 0 Å². The van der Waals surface area contributed by atoms with Crippen molar-refractivity contribution in [3.63, 3.8) is 0 Å². The SMILES string of the molecule is O=[N+]([O-])c1ccc2ncnc(S(=O)(=O)CCCCl)c2c1. The predicted octanol–water partition coefficient (Wildman–Crippen LogP) is 1.94. The lowest BCUT2D eigenvalue weighted by atomic mass is 10.2. The number of aromatic nitrogens is 2. The maximum absolute atomic E-state index is 12.2. The van der Waals surface area contributed by atoms with E-state index in [2.05, 4.69) is 9.97 Å². The van der Waals surface area contributed by atoms with Crippen LogP contribution in [0.4, 0.5) is 5.69 Å². The summed E-state index contributed by atoms with van der Waals surface area (Å²) in [4.78, 5) is 17.9. The molecule has 0 saturated carbocycles. The highest BCUT2D eigenvalue weighted by Crippen LogP contribution is 2.24. The third kappa shape index (κ3) is 2.86. The fourth-order valence-electron chi connectivity index (χ4n) is 1.72. The Labute approximate surface area is 119 Å². The second-order valence-electron chi connectivity index (χ2n) is 4.00. The van der Waals surface area contributed by atoms with E-state index in [0.717, 1.165) is 6.33 Å². The molecule has 0 atom stereocenters. The van der Waals surface area contributed by atoms with Crippen LogP contribution >= 0.6 is 11.6 Å². The summed E-state index contributed by atoms with van der Waals surface area (Å²) < 4.78 is 24.3. The zero-order valence-corrected chi connectivity index (χ0v) is 11.8. The van der Waals surface area contributed by atoms with Crippen LogP contribution in [0.2, 0.25) is 0 Å². The highest BCUT2D eigenvalue weighted by atomic mass is 35.5. The number of nitro benzene ring substituents is 1. The van der Waals surface area contributed by atoms with Crippen molar-refractivity contribution in [1.29, 1.82) is 0 Å². The van der Waals surface area contributed by atoms with Crippen molar-refractivity contribution in [3.8, 4) is 0 Å². The van der Waals surface area contributed by atoms with E-state index in [1.165, 1.54) is 18.2 Å². The number of sulfone groups is 1. The molecule has 1 aromatic carbocycles. The van der Waals surface area contributed by atoms with Crippen LogP contribution < -0.4 is 0 Å². The lowest BCUT2D eigenvalue weighted by molar-refractivity contribution is -0.384. The van der Waals surface area contributed by atoms with E-state index >= 15 is 0 Å². The number of nitro groups is 1. The minimum absolute atomic E-state index is 0.149. The van der Waals surface area contributed by atoms with Crippen LogP contribution in [0.3, 0.4) is 0 Å². The maximum Gasteiger partial charge on any atom is 0.270 e. The summed E-state index contributed by atoms with van der Waals surface area (Å²) in [5.41, 5.74) is 0.135. The molecule has 2 rings (SSSR count). The molecule has 0 aliphatic carbocycles. The number of halogens is 1. The van der Waals surface area contributed by atoms with Gasteiger partial charge in [0.2, 0.25) is 0 Å². The predicted molar refractivity (Wildman–Crippen MR) is 73.6 cm³/mol. The smallest absolute Gasteiger partial charge is 0.258 e. The first-order valence-corrected chi connectivity index (χ1v) is 7.82. The third-order valence-corrected chi connectivity index (χ3v) is 4.64. The number of non-ortho nitro benzene ring substituents is 1. The summed E-state index contributed by atoms with van der Waals surface area (Å²) in [6.07, 6.45) is 1.41. The summed E-state index contributed by atoms with van der Waals surface area (Å²) in [5.74, 6) is 0.0493. The van der Waals surface area contributed by atoms with Crippen molar-refractivity contribution in [1.82, 2.24) is 9.97 Å². The highest BCUT2D eigenvalue weighted by Gasteiger charge is 2.21. The molecule has 1 heterocycles. The summed E-state index contributed by atoms with van der Waals surface area (Å²) in [7, 11) is -3.65. The Morgan fingerprint density at radius 2 is 2.05 bits per heavy atom. The molecule has 7 nitrogen and oxygen atoms in total. The van der Waals surface area contributed by atoms with Gasteiger partial charge in [0, 0.05) is 23.4 Å². The molecule has 0 unspecified atom stereocenters. The maximum atomic E-state index is 12.2. The van der Waals surface area contributed by atoms with Gasteiger partial charge in [-0.15, -0.1) is 11.6 Å².